The zero-order valence-corrected chi connectivity index (χ0v) is 26.0. The van der Waals surface area contributed by atoms with E-state index in [9.17, 15) is 23.2 Å². The molecular weight excluding hydrogens is 599 g/mol. The van der Waals surface area contributed by atoms with Crippen molar-refractivity contribution in [3.63, 3.8) is 0 Å². The number of aryl methyl sites for hydroxylation is 1. The van der Waals surface area contributed by atoms with Gasteiger partial charge < -0.3 is 15.2 Å². The number of nitrogens with one attached hydrogen (secondary N) is 2. The Labute approximate surface area is 263 Å². The Balaban J connectivity index is 1.08. The van der Waals surface area contributed by atoms with Crippen molar-refractivity contribution < 1.29 is 18.0 Å². The largest absolute Gasteiger partial charge is 0.393 e. The Morgan fingerprint density at radius 2 is 1.96 bits per heavy atom. The predicted molar refractivity (Wildman–Crippen MR) is 170 cm³/mol. The van der Waals surface area contributed by atoms with Crippen LogP contribution >= 0.6 is 11.3 Å². The Bertz CT molecular complexity index is 1760. The number of likely N-dealkylation sites (tertiary alicyclic amines) is 1. The number of rotatable bonds is 9. The number of aromatic nitrogens is 3. The van der Waals surface area contributed by atoms with E-state index in [-0.39, 0.29) is 22.9 Å². The summed E-state index contributed by atoms with van der Waals surface area (Å²) in [7, 11) is 0. The highest BCUT2D eigenvalue weighted by atomic mass is 32.1. The van der Waals surface area contributed by atoms with E-state index in [1.165, 1.54) is 23.5 Å². The first-order valence-corrected chi connectivity index (χ1v) is 16.2. The van der Waals surface area contributed by atoms with Crippen LogP contribution in [0.25, 0.3) is 21.1 Å². The third-order valence-corrected chi connectivity index (χ3v) is 10.2. The average Bonchev–Trinajstić information content (AvgIpc) is 3.72. The molecule has 0 spiro atoms. The second kappa shape index (κ2) is 12.8. The zero-order valence-electron chi connectivity index (χ0n) is 25.2. The molecule has 4 heterocycles. The van der Waals surface area contributed by atoms with Crippen molar-refractivity contribution in [3.05, 3.63) is 64.9 Å². The van der Waals surface area contributed by atoms with Crippen molar-refractivity contribution in [2.24, 2.45) is 5.92 Å². The maximum atomic E-state index is 12.9. The summed E-state index contributed by atoms with van der Waals surface area (Å²) in [5.74, 6) is 0.843. The first-order valence-electron chi connectivity index (χ1n) is 15.3. The molecule has 2 aliphatic rings. The quantitative estimate of drug-likeness (QED) is 0.205. The van der Waals surface area contributed by atoms with E-state index in [0.717, 1.165) is 80.5 Å². The molecule has 3 aromatic heterocycles. The number of benzene rings is 1. The summed E-state index contributed by atoms with van der Waals surface area (Å²) in [4.78, 5) is 23.5. The second-order valence-electron chi connectivity index (χ2n) is 12.3. The van der Waals surface area contributed by atoms with Crippen LogP contribution < -0.4 is 10.6 Å². The van der Waals surface area contributed by atoms with Gasteiger partial charge in [-0.2, -0.15) is 18.4 Å². The Kier molecular flexibility index (Phi) is 8.84. The summed E-state index contributed by atoms with van der Waals surface area (Å²) < 4.78 is 40.9. The van der Waals surface area contributed by atoms with Gasteiger partial charge in [0.2, 0.25) is 5.91 Å². The van der Waals surface area contributed by atoms with Gasteiger partial charge in [0.1, 0.15) is 28.7 Å². The molecule has 2 unspecified atom stereocenters. The number of piperidine rings is 1. The first-order chi connectivity index (χ1) is 21.6. The number of carbonyl (C=O) groups is 1. The molecule has 12 heteroatoms. The van der Waals surface area contributed by atoms with Crippen molar-refractivity contribution in [2.45, 2.75) is 76.8 Å². The van der Waals surface area contributed by atoms with Crippen molar-refractivity contribution >= 4 is 44.2 Å². The lowest BCUT2D eigenvalue weighted by atomic mass is 10.0. The zero-order chi connectivity index (χ0) is 31.7. The van der Waals surface area contributed by atoms with Gasteiger partial charge in [-0.3, -0.25) is 9.69 Å². The number of fused-ring (bicyclic) bond motifs is 2. The highest BCUT2D eigenvalue weighted by Crippen LogP contribution is 2.34. The van der Waals surface area contributed by atoms with Gasteiger partial charge in [-0.15, -0.1) is 11.3 Å². The van der Waals surface area contributed by atoms with E-state index in [1.54, 1.807) is 6.07 Å². The van der Waals surface area contributed by atoms with Crippen molar-refractivity contribution in [1.29, 1.82) is 5.26 Å². The molecule has 1 saturated carbocycles. The van der Waals surface area contributed by atoms with Gasteiger partial charge in [-0.25, -0.2) is 9.97 Å². The number of halogens is 3. The van der Waals surface area contributed by atoms with Crippen molar-refractivity contribution in [2.75, 3.05) is 18.4 Å². The fourth-order valence-corrected chi connectivity index (χ4v) is 7.87. The minimum absolute atomic E-state index is 0.139. The van der Waals surface area contributed by atoms with Gasteiger partial charge in [-0.1, -0.05) is 12.6 Å². The number of anilines is 1. The third kappa shape index (κ3) is 6.99. The number of nitrogens with zero attached hydrogens (tertiary/aromatic N) is 5. The van der Waals surface area contributed by atoms with Gasteiger partial charge in [0.05, 0.1) is 11.8 Å². The van der Waals surface area contributed by atoms with Gasteiger partial charge >= 0.3 is 6.18 Å². The average molecular weight is 636 g/mol. The SMILES string of the molecule is C=CC(=O)NC1CCC(Cn2c(C#N)cc3c(C)c(CN4CCC(Nc5ncnc6sc(CC(F)(F)F)cc56)CC4)ccc32)C1. The van der Waals surface area contributed by atoms with E-state index < -0.39 is 12.6 Å². The van der Waals surface area contributed by atoms with E-state index in [1.807, 2.05) is 6.07 Å². The van der Waals surface area contributed by atoms with Crippen molar-refractivity contribution in [1.82, 2.24) is 24.8 Å². The predicted octanol–water partition coefficient (Wildman–Crippen LogP) is 6.48. The van der Waals surface area contributed by atoms with Crippen LogP contribution in [0.3, 0.4) is 0 Å². The Morgan fingerprint density at radius 3 is 2.69 bits per heavy atom. The minimum Gasteiger partial charge on any atom is -0.367 e. The van der Waals surface area contributed by atoms with Crippen molar-refractivity contribution in [3.8, 4) is 6.07 Å². The fourth-order valence-electron chi connectivity index (χ4n) is 6.85. The van der Waals surface area contributed by atoms with E-state index in [2.05, 4.69) is 61.8 Å². The van der Waals surface area contributed by atoms with Crippen LogP contribution in [-0.4, -0.2) is 56.7 Å². The fraction of sp³-hybridized carbons (Fsp3) is 0.455. The number of hydrogen-bond acceptors (Lipinski definition) is 7. The molecule has 1 saturated heterocycles. The van der Waals surface area contributed by atoms with Crippen LogP contribution in [0.4, 0.5) is 19.0 Å². The summed E-state index contributed by atoms with van der Waals surface area (Å²) in [6.45, 7) is 8.97. The molecule has 6 rings (SSSR count). The summed E-state index contributed by atoms with van der Waals surface area (Å²) in [6, 6.07) is 10.6. The molecule has 2 atom stereocenters. The van der Waals surface area contributed by atoms with Gasteiger partial charge in [0, 0.05) is 54.0 Å². The monoisotopic (exact) mass is 635 g/mol. The van der Waals surface area contributed by atoms with Crippen LogP contribution in [0, 0.1) is 24.2 Å². The number of thiophene rings is 1. The normalized spacial score (nSPS) is 19.6. The van der Waals surface area contributed by atoms with Crippen LogP contribution in [0.1, 0.15) is 53.8 Å². The van der Waals surface area contributed by atoms with E-state index in [4.69, 9.17) is 0 Å². The van der Waals surface area contributed by atoms with Gasteiger partial charge in [0.15, 0.2) is 0 Å². The molecule has 1 aromatic carbocycles. The molecule has 2 fully saturated rings. The maximum Gasteiger partial charge on any atom is 0.393 e. The van der Waals surface area contributed by atoms with Crippen LogP contribution in [0.5, 0.6) is 0 Å². The van der Waals surface area contributed by atoms with E-state index in [0.29, 0.717) is 27.6 Å². The molecule has 1 amide bonds. The minimum atomic E-state index is -4.26. The number of hydrogen-bond donors (Lipinski definition) is 2. The second-order valence-corrected chi connectivity index (χ2v) is 13.4. The maximum absolute atomic E-state index is 12.9. The lowest BCUT2D eigenvalue weighted by Gasteiger charge is -2.33. The number of alkyl halides is 3. The Morgan fingerprint density at radius 1 is 1.16 bits per heavy atom. The first kappa shape index (κ1) is 31.0. The Hall–Kier alpha value is -3.95. The summed E-state index contributed by atoms with van der Waals surface area (Å²) in [5, 5.41) is 18.2. The lowest BCUT2D eigenvalue weighted by molar-refractivity contribution is -0.126. The smallest absolute Gasteiger partial charge is 0.367 e. The third-order valence-electron chi connectivity index (χ3n) is 9.17. The summed E-state index contributed by atoms with van der Waals surface area (Å²) in [5.41, 5.74) is 4.14. The van der Waals surface area contributed by atoms with Crippen LogP contribution in [0.15, 0.2) is 43.2 Å². The molecule has 1 aliphatic carbocycles. The number of carbonyl (C=O) groups excluding carboxylic acids is 1. The van der Waals surface area contributed by atoms with Crippen LogP contribution in [-0.2, 0) is 24.3 Å². The molecule has 236 valence electrons. The number of amides is 1. The van der Waals surface area contributed by atoms with Crippen LogP contribution in [0.2, 0.25) is 0 Å². The lowest BCUT2D eigenvalue weighted by Crippen LogP contribution is -2.39. The summed E-state index contributed by atoms with van der Waals surface area (Å²) >= 11 is 1.06. The number of nitriles is 1. The molecule has 0 bridgehead atoms. The highest BCUT2D eigenvalue weighted by Gasteiger charge is 2.30. The molecule has 1 aliphatic heterocycles. The van der Waals surface area contributed by atoms with Gasteiger partial charge in [0.25, 0.3) is 0 Å². The molecule has 8 nitrogen and oxygen atoms in total. The standard InChI is InChI=1S/C33H36F3N7OS/c1-3-30(44)40-24-6-4-21(12-24)17-43-25(16-37)13-27-20(2)22(5-7-29(27)43)18-42-10-8-23(9-11-42)41-31-28-14-26(15-33(34,35)36)45-32(28)39-19-38-31/h3,5,7,13-14,19,21,23-24H,1,4,6,8-12,15,17-18H2,2H3,(H,40,44)(H,38,39,41). The molecule has 0 radical (unpaired) electrons. The highest BCUT2D eigenvalue weighted by molar-refractivity contribution is 7.18. The van der Waals surface area contributed by atoms with E-state index >= 15 is 0 Å². The molecule has 45 heavy (non-hydrogen) atoms. The molecule has 4 aromatic rings. The summed E-state index contributed by atoms with van der Waals surface area (Å²) in [6.07, 6.45) is 2.10. The van der Waals surface area contributed by atoms with Gasteiger partial charge in [-0.05, 0) is 80.3 Å². The topological polar surface area (TPSA) is 98.9 Å². The molecule has 2 N–H and O–H groups in total. The molecular formula is C33H36F3N7OS.